The molecule has 82 valence electrons. The summed E-state index contributed by atoms with van der Waals surface area (Å²) < 4.78 is 0. The van der Waals surface area contributed by atoms with E-state index in [1.807, 2.05) is 0 Å². The summed E-state index contributed by atoms with van der Waals surface area (Å²) >= 11 is 0. The fourth-order valence-corrected chi connectivity index (χ4v) is 1.49. The molecule has 0 aromatic heterocycles. The van der Waals surface area contributed by atoms with Crippen LogP contribution in [-0.4, -0.2) is 0 Å². The Kier molecular flexibility index (Phi) is 29.5. The first kappa shape index (κ1) is 20.8. The Labute approximate surface area is 122 Å². The van der Waals surface area contributed by atoms with E-state index in [1.165, 1.54) is 57.8 Å². The first-order valence-electron chi connectivity index (χ1n) is 5.71. The van der Waals surface area contributed by atoms with Crippen LogP contribution in [0.4, 0.5) is 0 Å². The molecule has 0 rings (SSSR count). The van der Waals surface area contributed by atoms with Crippen molar-refractivity contribution >= 4 is 0 Å². The van der Waals surface area contributed by atoms with Gasteiger partial charge in [-0.1, -0.05) is 64.7 Å². The molecule has 0 amide bonds. The Morgan fingerprint density at radius 3 is 1.43 bits per heavy atom. The van der Waals surface area contributed by atoms with Gasteiger partial charge in [-0.2, -0.15) is 6.42 Å². The van der Waals surface area contributed by atoms with Crippen molar-refractivity contribution in [3.05, 3.63) is 6.92 Å². The van der Waals surface area contributed by atoms with Gasteiger partial charge in [-0.05, 0) is 0 Å². The predicted octanol–water partition coefficient (Wildman–Crippen LogP) is 1.74. The molecular formula is C12H25BrCd. The molecular weight excluding hydrogens is 336 g/mol. The molecule has 0 spiro atoms. The molecule has 0 bridgehead atoms. The summed E-state index contributed by atoms with van der Waals surface area (Å²) in [7, 11) is 0. The van der Waals surface area contributed by atoms with Gasteiger partial charge < -0.3 is 23.9 Å². The van der Waals surface area contributed by atoms with Crippen LogP contribution in [0.1, 0.15) is 71.1 Å². The van der Waals surface area contributed by atoms with E-state index in [0.29, 0.717) is 0 Å². The van der Waals surface area contributed by atoms with Gasteiger partial charge >= 0.3 is 27.3 Å². The van der Waals surface area contributed by atoms with Crippen LogP contribution in [0.3, 0.4) is 0 Å². The van der Waals surface area contributed by atoms with Crippen LogP contribution in [-0.2, 0) is 27.3 Å². The maximum absolute atomic E-state index is 3.84. The molecule has 0 fully saturated rings. The zero-order valence-electron chi connectivity index (χ0n) is 9.86. The third-order valence-electron chi connectivity index (χ3n) is 2.35. The van der Waals surface area contributed by atoms with Gasteiger partial charge in [-0.3, -0.25) is 0 Å². The average molecular weight is 362 g/mol. The van der Waals surface area contributed by atoms with Gasteiger partial charge in [-0.15, -0.1) is 0 Å². The topological polar surface area (TPSA) is 0 Å². The second-order valence-electron chi connectivity index (χ2n) is 3.68. The number of unbranched alkanes of at least 4 members (excludes halogenated alkanes) is 9. The van der Waals surface area contributed by atoms with E-state index in [9.17, 15) is 0 Å². The summed E-state index contributed by atoms with van der Waals surface area (Å²) in [5.74, 6) is 0. The van der Waals surface area contributed by atoms with Crippen LogP contribution in [0, 0.1) is 6.92 Å². The van der Waals surface area contributed by atoms with Crippen LogP contribution in [0.2, 0.25) is 0 Å². The summed E-state index contributed by atoms with van der Waals surface area (Å²) in [4.78, 5) is 0. The van der Waals surface area contributed by atoms with Crippen LogP contribution >= 0.6 is 0 Å². The first-order chi connectivity index (χ1) is 5.91. The van der Waals surface area contributed by atoms with E-state index in [1.54, 1.807) is 0 Å². The van der Waals surface area contributed by atoms with Gasteiger partial charge in [0.25, 0.3) is 0 Å². The van der Waals surface area contributed by atoms with E-state index in [0.717, 1.165) is 6.42 Å². The van der Waals surface area contributed by atoms with Crippen LogP contribution in [0.5, 0.6) is 0 Å². The predicted molar refractivity (Wildman–Crippen MR) is 57.2 cm³/mol. The van der Waals surface area contributed by atoms with Gasteiger partial charge in [0.1, 0.15) is 0 Å². The molecule has 0 saturated carbocycles. The van der Waals surface area contributed by atoms with Crippen molar-refractivity contribution < 1.29 is 44.3 Å². The van der Waals surface area contributed by atoms with Crippen LogP contribution < -0.4 is 17.0 Å². The summed E-state index contributed by atoms with van der Waals surface area (Å²) in [5.41, 5.74) is 0. The fraction of sp³-hybridized carbons (Fsp3) is 0.917. The Balaban J connectivity index is -0.000000605. The summed E-state index contributed by atoms with van der Waals surface area (Å²) in [5, 5.41) is 0. The molecule has 0 aliphatic rings. The number of hydrogen-bond acceptors (Lipinski definition) is 0. The second kappa shape index (κ2) is 19.9. The van der Waals surface area contributed by atoms with E-state index in [2.05, 4.69) is 13.8 Å². The largest absolute Gasteiger partial charge is 2.00 e. The molecule has 0 aliphatic heterocycles. The quantitative estimate of drug-likeness (QED) is 0.333. The first-order valence-corrected chi connectivity index (χ1v) is 5.71. The SMILES string of the molecule is [Br-].[CH2-]CCCCCCCCCCC.[Cd+2]. The molecule has 0 unspecified atom stereocenters. The van der Waals surface area contributed by atoms with Crippen molar-refractivity contribution in [1.29, 1.82) is 0 Å². The van der Waals surface area contributed by atoms with Gasteiger partial charge in [0.15, 0.2) is 0 Å². The van der Waals surface area contributed by atoms with Crippen molar-refractivity contribution in [1.82, 2.24) is 0 Å². The molecule has 0 nitrogen and oxygen atoms in total. The van der Waals surface area contributed by atoms with Crippen molar-refractivity contribution in [3.63, 3.8) is 0 Å². The number of rotatable bonds is 9. The molecule has 0 aromatic rings. The van der Waals surface area contributed by atoms with E-state index in [-0.39, 0.29) is 44.3 Å². The Bertz CT molecular complexity index is 66.7. The molecule has 0 heterocycles. The Morgan fingerprint density at radius 2 is 1.07 bits per heavy atom. The van der Waals surface area contributed by atoms with Gasteiger partial charge in [-0.25, -0.2) is 0 Å². The third-order valence-corrected chi connectivity index (χ3v) is 2.35. The molecule has 14 heavy (non-hydrogen) atoms. The zero-order valence-corrected chi connectivity index (χ0v) is 15.5. The molecule has 0 aliphatic carbocycles. The van der Waals surface area contributed by atoms with E-state index >= 15 is 0 Å². The molecule has 0 aromatic carbocycles. The summed E-state index contributed by atoms with van der Waals surface area (Å²) in [6.45, 7) is 6.12. The monoisotopic (exact) mass is 362 g/mol. The van der Waals surface area contributed by atoms with Gasteiger partial charge in [0.2, 0.25) is 0 Å². The molecule has 0 atom stereocenters. The minimum Gasteiger partial charge on any atom is -1.00 e. The van der Waals surface area contributed by atoms with Crippen molar-refractivity contribution in [2.24, 2.45) is 0 Å². The fourth-order valence-electron chi connectivity index (χ4n) is 1.49. The van der Waals surface area contributed by atoms with Gasteiger partial charge in [0.05, 0.1) is 0 Å². The van der Waals surface area contributed by atoms with Crippen LogP contribution in [0.25, 0.3) is 0 Å². The van der Waals surface area contributed by atoms with E-state index < -0.39 is 0 Å². The van der Waals surface area contributed by atoms with Gasteiger partial charge in [0, 0.05) is 0 Å². The normalized spacial score (nSPS) is 9.00. The standard InChI is InChI=1S/C12H25.BrH.Cd/c1-3-5-7-9-11-12-10-8-6-4-2;;/h1,3-12H2,2H3;1H;/q-1;;+2/p-1. The Hall–Kier alpha value is 1.40. The smallest absolute Gasteiger partial charge is 1.00 e. The van der Waals surface area contributed by atoms with Crippen molar-refractivity contribution in [2.75, 3.05) is 0 Å². The number of hydrogen-bond donors (Lipinski definition) is 0. The zero-order chi connectivity index (χ0) is 9.07. The van der Waals surface area contributed by atoms with E-state index in [4.69, 9.17) is 0 Å². The molecule has 0 saturated heterocycles. The Morgan fingerprint density at radius 1 is 0.714 bits per heavy atom. The molecule has 2 heteroatoms. The van der Waals surface area contributed by atoms with Crippen molar-refractivity contribution in [2.45, 2.75) is 71.1 Å². The van der Waals surface area contributed by atoms with Crippen LogP contribution in [0.15, 0.2) is 0 Å². The maximum atomic E-state index is 3.84. The number of halogens is 1. The minimum absolute atomic E-state index is 0. The maximum Gasteiger partial charge on any atom is 2.00 e. The summed E-state index contributed by atoms with van der Waals surface area (Å²) in [6, 6.07) is 0. The second-order valence-corrected chi connectivity index (χ2v) is 3.68. The molecule has 0 N–H and O–H groups in total. The van der Waals surface area contributed by atoms with Crippen molar-refractivity contribution in [3.8, 4) is 0 Å². The minimum atomic E-state index is 0. The summed E-state index contributed by atoms with van der Waals surface area (Å²) in [6.07, 6.45) is 13.9. The molecule has 0 radical (unpaired) electrons. The third kappa shape index (κ3) is 19.1. The average Bonchev–Trinajstić information content (AvgIpc) is 2.10.